The van der Waals surface area contributed by atoms with E-state index in [-0.39, 0.29) is 5.75 Å². The highest BCUT2D eigenvalue weighted by atomic mass is 16.3. The van der Waals surface area contributed by atoms with E-state index in [0.29, 0.717) is 18.6 Å². The first-order valence-corrected chi connectivity index (χ1v) is 8.87. The zero-order valence-electron chi connectivity index (χ0n) is 15.2. The van der Waals surface area contributed by atoms with Gasteiger partial charge in [-0.1, -0.05) is 12.1 Å². The van der Waals surface area contributed by atoms with Gasteiger partial charge < -0.3 is 15.7 Å². The highest BCUT2D eigenvalue weighted by molar-refractivity contribution is 5.80. The first kappa shape index (κ1) is 17.3. The van der Waals surface area contributed by atoms with Crippen LogP contribution in [-0.2, 0) is 19.4 Å². The van der Waals surface area contributed by atoms with Gasteiger partial charge in [-0.15, -0.1) is 0 Å². The predicted molar refractivity (Wildman–Crippen MR) is 99.9 cm³/mol. The largest absolute Gasteiger partial charge is 0.508 e. The Hall–Kier alpha value is -2.50. The summed E-state index contributed by atoms with van der Waals surface area (Å²) < 4.78 is 2.06. The van der Waals surface area contributed by atoms with Crippen molar-refractivity contribution in [1.82, 2.24) is 20.4 Å². The zero-order valence-corrected chi connectivity index (χ0v) is 15.2. The van der Waals surface area contributed by atoms with Gasteiger partial charge >= 0.3 is 0 Å². The molecule has 1 aromatic heterocycles. The van der Waals surface area contributed by atoms with E-state index in [2.05, 4.69) is 40.4 Å². The summed E-state index contributed by atoms with van der Waals surface area (Å²) in [6.45, 7) is 4.93. The van der Waals surface area contributed by atoms with Crippen molar-refractivity contribution < 1.29 is 5.11 Å². The third-order valence-electron chi connectivity index (χ3n) is 4.56. The molecule has 1 heterocycles. The molecule has 1 aliphatic carbocycles. The van der Waals surface area contributed by atoms with E-state index in [0.717, 1.165) is 30.8 Å². The topological polar surface area (TPSA) is 74.5 Å². The van der Waals surface area contributed by atoms with Gasteiger partial charge in [-0.25, -0.2) is 0 Å². The number of hydrogen-bond donors (Lipinski definition) is 3. The molecule has 0 saturated carbocycles. The van der Waals surface area contributed by atoms with E-state index in [4.69, 9.17) is 5.10 Å². The standard InChI is InChI=1S/C19H27N5O/c1-13(2)24-12-15-7-8-16(10-18(15)23-24)22-19(20-3)21-11-14-5-4-6-17(25)9-14/h4-6,9,12-13,16,25H,7-8,10-11H2,1-3H3,(H2,20,21,22). The van der Waals surface area contributed by atoms with Gasteiger partial charge in [-0.3, -0.25) is 9.67 Å². The SMILES string of the molecule is CN=C(NCc1cccc(O)c1)NC1CCc2cn(C(C)C)nc2C1. The van der Waals surface area contributed by atoms with Gasteiger partial charge in [0.1, 0.15) is 5.75 Å². The van der Waals surface area contributed by atoms with Crippen LogP contribution >= 0.6 is 0 Å². The molecule has 0 spiro atoms. The van der Waals surface area contributed by atoms with Crippen LogP contribution in [0.1, 0.15) is 43.1 Å². The molecule has 6 nitrogen and oxygen atoms in total. The Balaban J connectivity index is 1.57. The molecule has 1 unspecified atom stereocenters. The Kier molecular flexibility index (Phi) is 5.26. The van der Waals surface area contributed by atoms with E-state index >= 15 is 0 Å². The Bertz CT molecular complexity index is 750. The predicted octanol–water partition coefficient (Wildman–Crippen LogP) is 2.39. The molecule has 25 heavy (non-hydrogen) atoms. The second-order valence-corrected chi connectivity index (χ2v) is 6.85. The molecule has 0 aliphatic heterocycles. The van der Waals surface area contributed by atoms with Crippen molar-refractivity contribution in [2.45, 2.75) is 51.7 Å². The molecule has 6 heteroatoms. The quantitative estimate of drug-likeness (QED) is 0.590. The van der Waals surface area contributed by atoms with Crippen LogP contribution < -0.4 is 10.6 Å². The van der Waals surface area contributed by atoms with Crippen molar-refractivity contribution in [3.05, 3.63) is 47.3 Å². The van der Waals surface area contributed by atoms with Crippen LogP contribution in [0.15, 0.2) is 35.5 Å². The Morgan fingerprint density at radius 1 is 1.44 bits per heavy atom. The Labute approximate surface area is 149 Å². The Morgan fingerprint density at radius 3 is 3.00 bits per heavy atom. The summed E-state index contributed by atoms with van der Waals surface area (Å²) in [4.78, 5) is 4.32. The van der Waals surface area contributed by atoms with Crippen LogP contribution in [0.25, 0.3) is 0 Å². The fraction of sp³-hybridized carbons (Fsp3) is 0.474. The first-order valence-electron chi connectivity index (χ1n) is 8.87. The summed E-state index contributed by atoms with van der Waals surface area (Å²) in [7, 11) is 1.78. The van der Waals surface area contributed by atoms with Gasteiger partial charge in [0.2, 0.25) is 0 Å². The summed E-state index contributed by atoms with van der Waals surface area (Å²) in [5.74, 6) is 1.06. The number of phenols is 1. The second-order valence-electron chi connectivity index (χ2n) is 6.85. The van der Waals surface area contributed by atoms with E-state index < -0.39 is 0 Å². The van der Waals surface area contributed by atoms with Crippen molar-refractivity contribution in [3.63, 3.8) is 0 Å². The normalized spacial score (nSPS) is 17.4. The van der Waals surface area contributed by atoms with E-state index in [9.17, 15) is 5.11 Å². The lowest BCUT2D eigenvalue weighted by molar-refractivity contribution is 0.474. The lowest BCUT2D eigenvalue weighted by Crippen LogP contribution is -2.45. The zero-order chi connectivity index (χ0) is 17.8. The fourth-order valence-corrected chi connectivity index (χ4v) is 3.14. The molecular formula is C19H27N5O. The van der Waals surface area contributed by atoms with Crippen LogP contribution in [0.5, 0.6) is 5.75 Å². The van der Waals surface area contributed by atoms with Crippen LogP contribution in [0.3, 0.4) is 0 Å². The Morgan fingerprint density at radius 2 is 2.28 bits per heavy atom. The monoisotopic (exact) mass is 341 g/mol. The number of benzene rings is 1. The van der Waals surface area contributed by atoms with E-state index in [1.807, 2.05) is 12.1 Å². The molecule has 3 N–H and O–H groups in total. The maximum Gasteiger partial charge on any atom is 0.191 e. The summed E-state index contributed by atoms with van der Waals surface area (Å²) in [6.07, 6.45) is 5.22. The van der Waals surface area contributed by atoms with Gasteiger partial charge in [0, 0.05) is 38.3 Å². The molecule has 1 atom stereocenters. The number of aromatic nitrogens is 2. The summed E-state index contributed by atoms with van der Waals surface area (Å²) >= 11 is 0. The number of rotatable bonds is 4. The number of nitrogens with one attached hydrogen (secondary N) is 2. The third kappa shape index (κ3) is 4.32. The number of aryl methyl sites for hydroxylation is 1. The number of nitrogens with zero attached hydrogens (tertiary/aromatic N) is 3. The third-order valence-corrected chi connectivity index (χ3v) is 4.56. The van der Waals surface area contributed by atoms with Crippen molar-refractivity contribution >= 4 is 5.96 Å². The van der Waals surface area contributed by atoms with Crippen LogP contribution in [-0.4, -0.2) is 33.9 Å². The average Bonchev–Trinajstić information content (AvgIpc) is 3.02. The van der Waals surface area contributed by atoms with Crippen LogP contribution in [0.2, 0.25) is 0 Å². The van der Waals surface area contributed by atoms with Crippen molar-refractivity contribution in [3.8, 4) is 5.75 Å². The molecular weight excluding hydrogens is 314 g/mol. The minimum atomic E-state index is 0.280. The summed E-state index contributed by atoms with van der Waals surface area (Å²) in [6, 6.07) is 7.98. The fourth-order valence-electron chi connectivity index (χ4n) is 3.14. The molecule has 0 fully saturated rings. The molecule has 1 aliphatic rings. The average molecular weight is 341 g/mol. The highest BCUT2D eigenvalue weighted by Crippen LogP contribution is 2.21. The molecule has 134 valence electrons. The number of aliphatic imine (C=N–C) groups is 1. The molecule has 0 amide bonds. The van der Waals surface area contributed by atoms with Gasteiger partial charge in [0.25, 0.3) is 0 Å². The number of phenolic OH excluding ortho intramolecular Hbond substituents is 1. The lowest BCUT2D eigenvalue weighted by atomic mass is 9.94. The highest BCUT2D eigenvalue weighted by Gasteiger charge is 2.22. The van der Waals surface area contributed by atoms with Gasteiger partial charge in [-0.2, -0.15) is 5.10 Å². The number of aromatic hydroxyl groups is 1. The van der Waals surface area contributed by atoms with Crippen molar-refractivity contribution in [1.29, 1.82) is 0 Å². The minimum Gasteiger partial charge on any atom is -0.508 e. The van der Waals surface area contributed by atoms with Gasteiger partial charge in [0.15, 0.2) is 5.96 Å². The number of guanidine groups is 1. The van der Waals surface area contributed by atoms with Crippen molar-refractivity contribution in [2.24, 2.45) is 4.99 Å². The van der Waals surface area contributed by atoms with Gasteiger partial charge in [0.05, 0.1) is 5.69 Å². The maximum absolute atomic E-state index is 9.55. The molecule has 0 saturated heterocycles. The molecule has 1 aromatic carbocycles. The van der Waals surface area contributed by atoms with E-state index in [1.54, 1.807) is 19.2 Å². The summed E-state index contributed by atoms with van der Waals surface area (Å²) in [5, 5.41) is 21.1. The van der Waals surface area contributed by atoms with E-state index in [1.165, 1.54) is 11.3 Å². The number of hydrogen-bond acceptors (Lipinski definition) is 3. The molecule has 0 bridgehead atoms. The summed E-state index contributed by atoms with van der Waals surface area (Å²) in [5.41, 5.74) is 3.58. The molecule has 3 rings (SSSR count). The smallest absolute Gasteiger partial charge is 0.191 e. The van der Waals surface area contributed by atoms with Crippen molar-refractivity contribution in [2.75, 3.05) is 7.05 Å². The number of fused-ring (bicyclic) bond motifs is 1. The minimum absolute atomic E-state index is 0.280. The molecule has 0 radical (unpaired) electrons. The molecule has 2 aromatic rings. The first-order chi connectivity index (χ1) is 12.0. The van der Waals surface area contributed by atoms with Crippen LogP contribution in [0, 0.1) is 0 Å². The van der Waals surface area contributed by atoms with Crippen LogP contribution in [0.4, 0.5) is 0 Å². The lowest BCUT2D eigenvalue weighted by Gasteiger charge is -2.24. The van der Waals surface area contributed by atoms with Gasteiger partial charge in [-0.05, 0) is 49.9 Å². The second kappa shape index (κ2) is 7.59. The maximum atomic E-state index is 9.55.